The highest BCUT2D eigenvalue weighted by Crippen LogP contribution is 2.26. The van der Waals surface area contributed by atoms with E-state index in [-0.39, 0.29) is 18.9 Å². The van der Waals surface area contributed by atoms with E-state index in [9.17, 15) is 9.59 Å². The molecule has 0 aliphatic carbocycles. The molecular formula is C22H19ClN4O3S. The normalized spacial score (nSPS) is 11.1. The smallest absolute Gasteiger partial charge is 0.408 e. The van der Waals surface area contributed by atoms with E-state index in [1.807, 2.05) is 44.2 Å². The van der Waals surface area contributed by atoms with Crippen molar-refractivity contribution in [2.75, 3.05) is 5.32 Å². The van der Waals surface area contributed by atoms with Crippen molar-refractivity contribution in [1.29, 1.82) is 0 Å². The molecule has 0 aliphatic heterocycles. The van der Waals surface area contributed by atoms with Gasteiger partial charge in [0.2, 0.25) is 5.91 Å². The fraction of sp³-hybridized carbons (Fsp3) is 0.182. The molecule has 0 aliphatic rings. The topological polar surface area (TPSA) is 90.0 Å². The van der Waals surface area contributed by atoms with Crippen molar-refractivity contribution in [1.82, 2.24) is 14.5 Å². The molecule has 2 aromatic carbocycles. The van der Waals surface area contributed by atoms with Crippen LogP contribution >= 0.6 is 23.4 Å². The van der Waals surface area contributed by atoms with Crippen LogP contribution < -0.4 is 11.1 Å². The third-order valence-electron chi connectivity index (χ3n) is 4.50. The molecule has 0 bridgehead atoms. The molecule has 31 heavy (non-hydrogen) atoms. The molecule has 2 aromatic heterocycles. The van der Waals surface area contributed by atoms with E-state index in [0.29, 0.717) is 27.0 Å². The summed E-state index contributed by atoms with van der Waals surface area (Å²) in [5.41, 5.74) is 3.53. The van der Waals surface area contributed by atoms with Gasteiger partial charge in [-0.25, -0.2) is 14.8 Å². The van der Waals surface area contributed by atoms with Gasteiger partial charge < -0.3 is 9.73 Å². The number of amides is 1. The molecule has 7 nitrogen and oxygen atoms in total. The number of carbonyl (C=O) groups is 1. The molecule has 0 spiro atoms. The molecular weight excluding hydrogens is 436 g/mol. The summed E-state index contributed by atoms with van der Waals surface area (Å²) in [5.74, 6) is -0.715. The van der Waals surface area contributed by atoms with Crippen molar-refractivity contribution in [3.63, 3.8) is 0 Å². The number of anilines is 1. The molecule has 0 unspecified atom stereocenters. The Kier molecular flexibility index (Phi) is 6.11. The van der Waals surface area contributed by atoms with Gasteiger partial charge in [-0.15, -0.1) is 0 Å². The minimum atomic E-state index is -0.514. The van der Waals surface area contributed by atoms with E-state index >= 15 is 0 Å². The number of fused-ring (bicyclic) bond motifs is 1. The molecule has 4 rings (SSSR count). The first kappa shape index (κ1) is 21.1. The Morgan fingerprint density at radius 2 is 1.81 bits per heavy atom. The van der Waals surface area contributed by atoms with Crippen LogP contribution in [0.25, 0.3) is 11.1 Å². The van der Waals surface area contributed by atoms with Gasteiger partial charge in [-0.2, -0.15) is 0 Å². The zero-order valence-electron chi connectivity index (χ0n) is 16.9. The number of carbonyl (C=O) groups excluding carboxylic acids is 1. The van der Waals surface area contributed by atoms with Gasteiger partial charge in [-0.3, -0.25) is 9.36 Å². The van der Waals surface area contributed by atoms with Crippen LogP contribution in [0.2, 0.25) is 5.02 Å². The summed E-state index contributed by atoms with van der Waals surface area (Å²) >= 11 is 7.39. The number of hydrogen-bond acceptors (Lipinski definition) is 6. The number of aromatic nitrogens is 3. The predicted molar refractivity (Wildman–Crippen MR) is 121 cm³/mol. The van der Waals surface area contributed by atoms with Gasteiger partial charge in [0, 0.05) is 46.0 Å². The highest BCUT2D eigenvalue weighted by atomic mass is 35.5. The highest BCUT2D eigenvalue weighted by Gasteiger charge is 2.12. The molecule has 1 N–H and O–H groups in total. The lowest BCUT2D eigenvalue weighted by molar-refractivity contribution is -0.116. The molecule has 0 atom stereocenters. The molecule has 158 valence electrons. The Morgan fingerprint density at radius 3 is 2.52 bits per heavy atom. The number of aryl methyl sites for hydroxylation is 3. The second-order valence-electron chi connectivity index (χ2n) is 6.99. The Labute approximate surface area is 187 Å². The fourth-order valence-corrected chi connectivity index (χ4v) is 4.16. The lowest BCUT2D eigenvalue weighted by Crippen LogP contribution is -2.19. The minimum Gasteiger partial charge on any atom is -0.408 e. The Morgan fingerprint density at radius 1 is 1.10 bits per heavy atom. The number of halogens is 1. The first-order chi connectivity index (χ1) is 14.9. The summed E-state index contributed by atoms with van der Waals surface area (Å²) in [5, 5.41) is 4.02. The van der Waals surface area contributed by atoms with Crippen LogP contribution in [-0.4, -0.2) is 20.4 Å². The minimum absolute atomic E-state index is 0.129. The summed E-state index contributed by atoms with van der Waals surface area (Å²) < 4.78 is 6.61. The van der Waals surface area contributed by atoms with E-state index in [2.05, 4.69) is 15.3 Å². The molecule has 1 amide bonds. The van der Waals surface area contributed by atoms with Crippen LogP contribution in [0.1, 0.15) is 17.8 Å². The van der Waals surface area contributed by atoms with Crippen LogP contribution in [0.5, 0.6) is 0 Å². The van der Waals surface area contributed by atoms with E-state index in [1.54, 1.807) is 18.2 Å². The lowest BCUT2D eigenvalue weighted by Gasteiger charge is -2.07. The Bertz CT molecular complexity index is 1290. The lowest BCUT2D eigenvalue weighted by atomic mass is 10.3. The zero-order chi connectivity index (χ0) is 22.0. The molecule has 0 fully saturated rings. The second kappa shape index (κ2) is 8.95. The predicted octanol–water partition coefficient (Wildman–Crippen LogP) is 4.83. The summed E-state index contributed by atoms with van der Waals surface area (Å²) in [6.45, 7) is 4.08. The maximum atomic E-state index is 12.4. The van der Waals surface area contributed by atoms with E-state index in [1.165, 1.54) is 16.3 Å². The summed E-state index contributed by atoms with van der Waals surface area (Å²) in [7, 11) is 0. The number of benzene rings is 2. The zero-order valence-corrected chi connectivity index (χ0v) is 18.5. The molecule has 0 saturated carbocycles. The monoisotopic (exact) mass is 454 g/mol. The van der Waals surface area contributed by atoms with Crippen molar-refractivity contribution >= 4 is 46.1 Å². The summed E-state index contributed by atoms with van der Waals surface area (Å²) in [6, 6.07) is 14.3. The van der Waals surface area contributed by atoms with Crippen molar-refractivity contribution < 1.29 is 9.21 Å². The van der Waals surface area contributed by atoms with Crippen molar-refractivity contribution in [3.8, 4) is 0 Å². The molecule has 0 saturated heterocycles. The quantitative estimate of drug-likeness (QED) is 0.419. The van der Waals surface area contributed by atoms with Crippen molar-refractivity contribution in [2.45, 2.75) is 36.9 Å². The van der Waals surface area contributed by atoms with Gasteiger partial charge in [0.25, 0.3) is 0 Å². The molecule has 9 heteroatoms. The summed E-state index contributed by atoms with van der Waals surface area (Å²) in [4.78, 5) is 34.2. The third-order valence-corrected chi connectivity index (χ3v) is 5.61. The average Bonchev–Trinajstić information content (AvgIpc) is 3.01. The van der Waals surface area contributed by atoms with Gasteiger partial charge in [0.15, 0.2) is 10.7 Å². The standard InChI is InChI=1S/C22H19ClN4O3S/c1-13-11-14(2)25-21(24-13)31-17-6-4-16(5-7-17)26-20(28)9-10-27-18-8-3-15(23)12-19(18)30-22(27)29/h3-8,11-12H,9-10H2,1-2H3,(H,26,28). The van der Waals surface area contributed by atoms with Crippen LogP contribution in [0.4, 0.5) is 5.69 Å². The first-order valence-corrected chi connectivity index (χ1v) is 10.8. The molecule has 0 radical (unpaired) electrons. The van der Waals surface area contributed by atoms with Crippen LogP contribution in [0.15, 0.2) is 67.8 Å². The number of hydrogen-bond donors (Lipinski definition) is 1. The largest absolute Gasteiger partial charge is 0.419 e. The van der Waals surface area contributed by atoms with Crippen LogP contribution in [-0.2, 0) is 11.3 Å². The number of nitrogens with one attached hydrogen (secondary N) is 1. The van der Waals surface area contributed by atoms with Crippen LogP contribution in [0.3, 0.4) is 0 Å². The van der Waals surface area contributed by atoms with Crippen LogP contribution in [0, 0.1) is 13.8 Å². The van der Waals surface area contributed by atoms with E-state index < -0.39 is 5.76 Å². The number of rotatable bonds is 6. The van der Waals surface area contributed by atoms with E-state index in [4.69, 9.17) is 16.0 Å². The third kappa shape index (κ3) is 5.15. The maximum absolute atomic E-state index is 12.4. The van der Waals surface area contributed by atoms with E-state index in [0.717, 1.165) is 16.3 Å². The van der Waals surface area contributed by atoms with Gasteiger partial charge in [0.05, 0.1) is 5.52 Å². The molecule has 4 aromatic rings. The van der Waals surface area contributed by atoms with Gasteiger partial charge in [-0.1, -0.05) is 11.6 Å². The maximum Gasteiger partial charge on any atom is 0.419 e. The summed E-state index contributed by atoms with van der Waals surface area (Å²) in [6.07, 6.45) is 0.129. The second-order valence-corrected chi connectivity index (χ2v) is 8.47. The number of oxazole rings is 1. The van der Waals surface area contributed by atoms with Crippen molar-refractivity contribution in [2.24, 2.45) is 0 Å². The molecule has 2 heterocycles. The number of nitrogens with zero attached hydrogens (tertiary/aromatic N) is 3. The van der Waals surface area contributed by atoms with Crippen molar-refractivity contribution in [3.05, 3.63) is 75.5 Å². The Balaban J connectivity index is 1.37. The van der Waals surface area contributed by atoms with Gasteiger partial charge >= 0.3 is 5.76 Å². The Hall–Kier alpha value is -3.10. The average molecular weight is 455 g/mol. The fourth-order valence-electron chi connectivity index (χ4n) is 3.14. The van der Waals surface area contributed by atoms with Gasteiger partial charge in [-0.05, 0) is 68.1 Å². The SMILES string of the molecule is Cc1cc(C)nc(Sc2ccc(NC(=O)CCn3c(=O)oc4cc(Cl)ccc43)cc2)n1. The van der Waals surface area contributed by atoms with Gasteiger partial charge in [0.1, 0.15) is 0 Å². The first-order valence-electron chi connectivity index (χ1n) is 9.56. The highest BCUT2D eigenvalue weighted by molar-refractivity contribution is 7.99.